The number of amides is 2. The Balaban J connectivity index is 2.54. The predicted octanol–water partition coefficient (Wildman–Crippen LogP) is 2.31. The zero-order valence-corrected chi connectivity index (χ0v) is 14.2. The lowest BCUT2D eigenvalue weighted by Gasteiger charge is -2.22. The third kappa shape index (κ3) is 7.10. The van der Waals surface area contributed by atoms with Crippen LogP contribution >= 0.6 is 11.6 Å². The first-order valence-corrected chi connectivity index (χ1v) is 7.98. The zero-order chi connectivity index (χ0) is 18.7. The number of carbonyl (C=O) groups excluding carboxylic acids is 2. The lowest BCUT2D eigenvalue weighted by Crippen LogP contribution is -2.35. The van der Waals surface area contributed by atoms with Crippen molar-refractivity contribution in [3.05, 3.63) is 34.4 Å². The van der Waals surface area contributed by atoms with Crippen molar-refractivity contribution in [1.82, 2.24) is 5.32 Å². The monoisotopic (exact) mass is 367 g/mol. The summed E-state index contributed by atoms with van der Waals surface area (Å²) in [7, 11) is 0. The quantitative estimate of drug-likeness (QED) is 0.237. The van der Waals surface area contributed by atoms with Gasteiger partial charge >= 0.3 is 6.09 Å². The number of terminal acetylenes is 1. The lowest BCUT2D eigenvalue weighted by molar-refractivity contribution is -0.384. The standard InChI is InChI=1S/C16H18ClN3O5/c1-2-3-11-25-16(22)18-9-4-10-19(15(21)12-17)13-5-7-14(8-6-13)20(23)24/h1,5-8H,3-4,9-12H2,(H,18,22). The number of rotatable bonds is 9. The van der Waals surface area contributed by atoms with E-state index in [1.165, 1.54) is 29.2 Å². The number of nitrogens with zero attached hydrogens (tertiary/aromatic N) is 2. The number of benzene rings is 1. The van der Waals surface area contributed by atoms with Crippen molar-refractivity contribution in [2.24, 2.45) is 0 Å². The first-order valence-electron chi connectivity index (χ1n) is 7.44. The lowest BCUT2D eigenvalue weighted by atomic mass is 10.2. The fourth-order valence-electron chi connectivity index (χ4n) is 1.91. The molecule has 8 nitrogen and oxygen atoms in total. The molecule has 0 aromatic heterocycles. The number of alkyl carbamates (subject to hydrolysis) is 1. The molecular formula is C16H18ClN3O5. The molecule has 1 rings (SSSR count). The minimum atomic E-state index is -0.583. The van der Waals surface area contributed by atoms with Gasteiger partial charge in [-0.2, -0.15) is 0 Å². The smallest absolute Gasteiger partial charge is 0.407 e. The molecule has 0 aliphatic rings. The van der Waals surface area contributed by atoms with Crippen LogP contribution in [0.2, 0.25) is 0 Å². The first kappa shape index (κ1) is 20.3. The molecule has 0 saturated carbocycles. The summed E-state index contributed by atoms with van der Waals surface area (Å²) in [4.78, 5) is 34.9. The maximum Gasteiger partial charge on any atom is 0.407 e. The number of halogens is 1. The van der Waals surface area contributed by atoms with Gasteiger partial charge < -0.3 is 15.0 Å². The second-order valence-corrected chi connectivity index (χ2v) is 5.09. The van der Waals surface area contributed by atoms with Crippen molar-refractivity contribution in [2.75, 3.05) is 30.5 Å². The van der Waals surface area contributed by atoms with Gasteiger partial charge in [0.15, 0.2) is 0 Å². The molecule has 1 aromatic carbocycles. The average Bonchev–Trinajstić information content (AvgIpc) is 2.61. The van der Waals surface area contributed by atoms with Crippen molar-refractivity contribution in [1.29, 1.82) is 0 Å². The SMILES string of the molecule is C#CCCOC(=O)NCCCN(C(=O)CCl)c1ccc([N+](=O)[O-])cc1. The Bertz CT molecular complexity index is 642. The molecule has 0 aliphatic heterocycles. The van der Waals surface area contributed by atoms with E-state index in [1.807, 2.05) is 0 Å². The van der Waals surface area contributed by atoms with Gasteiger partial charge in [-0.25, -0.2) is 4.79 Å². The van der Waals surface area contributed by atoms with Crippen molar-refractivity contribution in [3.8, 4) is 12.3 Å². The fourth-order valence-corrected chi connectivity index (χ4v) is 2.05. The number of alkyl halides is 1. The summed E-state index contributed by atoms with van der Waals surface area (Å²) in [6.45, 7) is 0.712. The van der Waals surface area contributed by atoms with Gasteiger partial charge in [-0.3, -0.25) is 14.9 Å². The van der Waals surface area contributed by atoms with Gasteiger partial charge in [0.2, 0.25) is 5.91 Å². The number of hydrogen-bond acceptors (Lipinski definition) is 5. The molecule has 0 fully saturated rings. The van der Waals surface area contributed by atoms with Crippen LogP contribution in [0, 0.1) is 22.5 Å². The van der Waals surface area contributed by atoms with E-state index < -0.39 is 11.0 Å². The normalized spacial score (nSPS) is 9.76. The Morgan fingerprint density at radius 1 is 1.36 bits per heavy atom. The van der Waals surface area contributed by atoms with Crippen LogP contribution in [0.1, 0.15) is 12.8 Å². The number of nitro groups is 1. The van der Waals surface area contributed by atoms with Crippen LogP contribution in [0.25, 0.3) is 0 Å². The van der Waals surface area contributed by atoms with E-state index in [2.05, 4.69) is 11.2 Å². The van der Waals surface area contributed by atoms with Crippen molar-refractivity contribution < 1.29 is 19.2 Å². The number of nitrogens with one attached hydrogen (secondary N) is 1. The second kappa shape index (κ2) is 10.9. The Morgan fingerprint density at radius 2 is 2.04 bits per heavy atom. The Morgan fingerprint density at radius 3 is 2.60 bits per heavy atom. The Labute approximate surface area is 150 Å². The molecular weight excluding hydrogens is 350 g/mol. The van der Waals surface area contributed by atoms with Gasteiger partial charge in [-0.15, -0.1) is 23.9 Å². The molecule has 0 heterocycles. The highest BCUT2D eigenvalue weighted by atomic mass is 35.5. The zero-order valence-electron chi connectivity index (χ0n) is 13.4. The van der Waals surface area contributed by atoms with Crippen LogP contribution in [0.15, 0.2) is 24.3 Å². The van der Waals surface area contributed by atoms with E-state index in [0.717, 1.165) is 0 Å². The van der Waals surface area contributed by atoms with Crippen LogP contribution in [0.3, 0.4) is 0 Å². The molecule has 0 bridgehead atoms. The Kier molecular flexibility index (Phi) is 8.82. The Hall–Kier alpha value is -2.79. The van der Waals surface area contributed by atoms with E-state index in [9.17, 15) is 19.7 Å². The van der Waals surface area contributed by atoms with Gasteiger partial charge in [0.05, 0.1) is 4.92 Å². The third-order valence-electron chi connectivity index (χ3n) is 3.09. The maximum atomic E-state index is 12.0. The molecule has 134 valence electrons. The molecule has 2 amide bonds. The summed E-state index contributed by atoms with van der Waals surface area (Å²) >= 11 is 5.61. The van der Waals surface area contributed by atoms with Crippen LogP contribution in [-0.2, 0) is 9.53 Å². The van der Waals surface area contributed by atoms with E-state index in [-0.39, 0.29) is 37.2 Å². The van der Waals surface area contributed by atoms with Gasteiger partial charge in [-0.1, -0.05) is 0 Å². The molecule has 1 aromatic rings. The van der Waals surface area contributed by atoms with Gasteiger partial charge in [0.25, 0.3) is 5.69 Å². The van der Waals surface area contributed by atoms with Crippen molar-refractivity contribution >= 4 is 35.0 Å². The first-order chi connectivity index (χ1) is 12.0. The van der Waals surface area contributed by atoms with Crippen LogP contribution in [-0.4, -0.2) is 42.5 Å². The molecule has 0 unspecified atom stereocenters. The summed E-state index contributed by atoms with van der Waals surface area (Å²) in [5.74, 6) is 1.79. The van der Waals surface area contributed by atoms with Crippen LogP contribution < -0.4 is 10.2 Å². The molecule has 0 radical (unpaired) electrons. The number of nitro benzene ring substituents is 1. The predicted molar refractivity (Wildman–Crippen MR) is 93.6 cm³/mol. The fraction of sp³-hybridized carbons (Fsp3) is 0.375. The van der Waals surface area contributed by atoms with Gasteiger partial charge in [0.1, 0.15) is 12.5 Å². The van der Waals surface area contributed by atoms with E-state index in [0.29, 0.717) is 18.5 Å². The summed E-state index contributed by atoms with van der Waals surface area (Å²) < 4.78 is 4.82. The van der Waals surface area contributed by atoms with Gasteiger partial charge in [0, 0.05) is 37.3 Å². The molecule has 0 aliphatic carbocycles. The largest absolute Gasteiger partial charge is 0.449 e. The van der Waals surface area contributed by atoms with Gasteiger partial charge in [-0.05, 0) is 18.6 Å². The summed E-state index contributed by atoms with van der Waals surface area (Å²) in [6, 6.07) is 5.57. The van der Waals surface area contributed by atoms with E-state index in [4.69, 9.17) is 22.8 Å². The minimum absolute atomic E-state index is 0.0709. The third-order valence-corrected chi connectivity index (χ3v) is 3.32. The van der Waals surface area contributed by atoms with Crippen molar-refractivity contribution in [3.63, 3.8) is 0 Å². The second-order valence-electron chi connectivity index (χ2n) is 4.82. The average molecular weight is 368 g/mol. The highest BCUT2D eigenvalue weighted by molar-refractivity contribution is 6.29. The molecule has 25 heavy (non-hydrogen) atoms. The number of carbonyl (C=O) groups is 2. The highest BCUT2D eigenvalue weighted by Crippen LogP contribution is 2.20. The van der Waals surface area contributed by atoms with Crippen LogP contribution in [0.4, 0.5) is 16.2 Å². The molecule has 9 heteroatoms. The number of hydrogen-bond donors (Lipinski definition) is 1. The van der Waals surface area contributed by atoms with Crippen molar-refractivity contribution in [2.45, 2.75) is 12.8 Å². The number of non-ortho nitro benzene ring substituents is 1. The topological polar surface area (TPSA) is 102 Å². The highest BCUT2D eigenvalue weighted by Gasteiger charge is 2.16. The van der Waals surface area contributed by atoms with E-state index >= 15 is 0 Å². The molecule has 1 N–H and O–H groups in total. The molecule has 0 atom stereocenters. The molecule has 0 saturated heterocycles. The summed E-state index contributed by atoms with van der Waals surface area (Å²) in [6.07, 6.45) is 5.25. The minimum Gasteiger partial charge on any atom is -0.449 e. The summed E-state index contributed by atoms with van der Waals surface area (Å²) in [5, 5.41) is 13.2. The number of anilines is 1. The van der Waals surface area contributed by atoms with Crippen LogP contribution in [0.5, 0.6) is 0 Å². The maximum absolute atomic E-state index is 12.0. The number of ether oxygens (including phenoxy) is 1. The molecule has 0 spiro atoms. The summed E-state index contributed by atoms with van der Waals surface area (Å²) in [5.41, 5.74) is 0.422. The van der Waals surface area contributed by atoms with E-state index in [1.54, 1.807) is 0 Å².